The van der Waals surface area contributed by atoms with E-state index in [-0.39, 0.29) is 11.4 Å². The predicted octanol–water partition coefficient (Wildman–Crippen LogP) is 3.82. The fourth-order valence-electron chi connectivity index (χ4n) is 3.54. The Morgan fingerprint density at radius 1 is 1.26 bits per heavy atom. The molecule has 1 aromatic heterocycles. The van der Waals surface area contributed by atoms with Crippen LogP contribution in [0.15, 0.2) is 24.3 Å². The molecule has 27 heavy (non-hydrogen) atoms. The highest BCUT2D eigenvalue weighted by atomic mass is 16.5. The Bertz CT molecular complexity index is 883. The maximum absolute atomic E-state index is 13.1. The lowest BCUT2D eigenvalue weighted by molar-refractivity contribution is -0.130. The number of carbonyl (C=O) groups excluding carboxylic acids is 2. The molecule has 0 saturated carbocycles. The molecule has 0 fully saturated rings. The summed E-state index contributed by atoms with van der Waals surface area (Å²) in [5.74, 6) is -0.249. The van der Waals surface area contributed by atoms with Crippen molar-refractivity contribution >= 4 is 22.8 Å². The van der Waals surface area contributed by atoms with Crippen molar-refractivity contribution in [2.24, 2.45) is 5.92 Å². The van der Waals surface area contributed by atoms with E-state index in [1.165, 1.54) is 0 Å². The summed E-state index contributed by atoms with van der Waals surface area (Å²) in [6.45, 7) is 9.48. The molecule has 0 saturated heterocycles. The third kappa shape index (κ3) is 4.29. The van der Waals surface area contributed by atoms with E-state index in [0.29, 0.717) is 11.5 Å². The Hall–Kier alpha value is -2.43. The SMILES string of the molecule is C[C@H]1CCc2nc3ccccc3c(C(=O)O[C@@H](C)C(=O)NC(C)(C)C)c2C1. The van der Waals surface area contributed by atoms with Crippen molar-refractivity contribution in [3.05, 3.63) is 41.1 Å². The summed E-state index contributed by atoms with van der Waals surface area (Å²) in [5, 5.41) is 3.64. The smallest absolute Gasteiger partial charge is 0.339 e. The standard InChI is InChI=1S/C22H28N2O3/c1-13-10-11-18-16(12-13)19(15-8-6-7-9-17(15)23-18)21(26)27-14(2)20(25)24-22(3,4)5/h6-9,13-14H,10-12H2,1-5H3,(H,24,25)/t13-,14-/m0/s1. The summed E-state index contributed by atoms with van der Waals surface area (Å²) in [6.07, 6.45) is 1.87. The van der Waals surface area contributed by atoms with Crippen LogP contribution >= 0.6 is 0 Å². The highest BCUT2D eigenvalue weighted by Crippen LogP contribution is 2.32. The molecule has 3 rings (SSSR count). The van der Waals surface area contributed by atoms with E-state index in [0.717, 1.165) is 41.4 Å². The van der Waals surface area contributed by atoms with Crippen LogP contribution in [0.1, 0.15) is 62.7 Å². The number of nitrogens with one attached hydrogen (secondary N) is 1. The van der Waals surface area contributed by atoms with Gasteiger partial charge in [-0.15, -0.1) is 0 Å². The zero-order chi connectivity index (χ0) is 19.8. The first-order valence-electron chi connectivity index (χ1n) is 9.59. The Balaban J connectivity index is 1.96. The van der Waals surface area contributed by atoms with Crippen LogP contribution in [-0.2, 0) is 22.4 Å². The van der Waals surface area contributed by atoms with Crippen LogP contribution in [0.3, 0.4) is 0 Å². The molecule has 1 aliphatic carbocycles. The first-order chi connectivity index (χ1) is 12.7. The van der Waals surface area contributed by atoms with Crippen LogP contribution in [-0.4, -0.2) is 28.5 Å². The van der Waals surface area contributed by atoms with Crippen LogP contribution in [0.25, 0.3) is 10.9 Å². The van der Waals surface area contributed by atoms with E-state index in [1.807, 2.05) is 45.0 Å². The average Bonchev–Trinajstić information content (AvgIpc) is 2.58. The molecule has 2 aromatic rings. The van der Waals surface area contributed by atoms with Gasteiger partial charge in [0, 0.05) is 16.6 Å². The summed E-state index contributed by atoms with van der Waals surface area (Å²) in [4.78, 5) is 30.2. The van der Waals surface area contributed by atoms with Gasteiger partial charge in [-0.05, 0) is 64.5 Å². The summed E-state index contributed by atoms with van der Waals surface area (Å²) in [6, 6.07) is 7.63. The van der Waals surface area contributed by atoms with E-state index >= 15 is 0 Å². The number of carbonyl (C=O) groups is 2. The lowest BCUT2D eigenvalue weighted by Crippen LogP contribution is -2.46. The van der Waals surface area contributed by atoms with Crippen LogP contribution in [0.2, 0.25) is 0 Å². The fraction of sp³-hybridized carbons (Fsp3) is 0.500. The number of fused-ring (bicyclic) bond motifs is 2. The number of esters is 1. The lowest BCUT2D eigenvalue weighted by Gasteiger charge is -2.25. The molecule has 1 aliphatic rings. The summed E-state index contributed by atoms with van der Waals surface area (Å²) in [5.41, 5.74) is 2.93. The number of nitrogens with zero attached hydrogens (tertiary/aromatic N) is 1. The van der Waals surface area contributed by atoms with Gasteiger partial charge in [0.1, 0.15) is 0 Å². The quantitative estimate of drug-likeness (QED) is 0.836. The first-order valence-corrected chi connectivity index (χ1v) is 9.59. The zero-order valence-corrected chi connectivity index (χ0v) is 16.8. The van der Waals surface area contributed by atoms with E-state index in [1.54, 1.807) is 6.92 Å². The zero-order valence-electron chi connectivity index (χ0n) is 16.8. The normalized spacial score (nSPS) is 17.9. The van der Waals surface area contributed by atoms with Gasteiger partial charge < -0.3 is 10.1 Å². The molecule has 5 nitrogen and oxygen atoms in total. The van der Waals surface area contributed by atoms with Crippen molar-refractivity contribution in [3.8, 4) is 0 Å². The van der Waals surface area contributed by atoms with Crippen LogP contribution in [0.5, 0.6) is 0 Å². The summed E-state index contributed by atoms with van der Waals surface area (Å²) in [7, 11) is 0. The van der Waals surface area contributed by atoms with Gasteiger partial charge >= 0.3 is 5.97 Å². The van der Waals surface area contributed by atoms with Crippen LogP contribution in [0.4, 0.5) is 0 Å². The number of benzene rings is 1. The Morgan fingerprint density at radius 2 is 1.96 bits per heavy atom. The van der Waals surface area contributed by atoms with E-state index < -0.39 is 12.1 Å². The van der Waals surface area contributed by atoms with Crippen molar-refractivity contribution < 1.29 is 14.3 Å². The van der Waals surface area contributed by atoms with Crippen LogP contribution < -0.4 is 5.32 Å². The number of aryl methyl sites for hydroxylation is 1. The van der Waals surface area contributed by atoms with Gasteiger partial charge in [-0.25, -0.2) is 4.79 Å². The number of pyridine rings is 1. The van der Waals surface area contributed by atoms with Gasteiger partial charge in [0.25, 0.3) is 5.91 Å². The molecule has 144 valence electrons. The van der Waals surface area contributed by atoms with Crippen molar-refractivity contribution in [3.63, 3.8) is 0 Å². The summed E-state index contributed by atoms with van der Waals surface area (Å²) < 4.78 is 5.57. The maximum atomic E-state index is 13.1. The van der Waals surface area contributed by atoms with E-state index in [2.05, 4.69) is 12.2 Å². The molecule has 5 heteroatoms. The van der Waals surface area contributed by atoms with Gasteiger partial charge in [-0.3, -0.25) is 9.78 Å². The minimum atomic E-state index is -0.861. The Kier molecular flexibility index (Phi) is 5.22. The number of para-hydroxylation sites is 1. The Labute approximate surface area is 160 Å². The third-order valence-corrected chi connectivity index (χ3v) is 4.86. The van der Waals surface area contributed by atoms with Gasteiger partial charge in [-0.1, -0.05) is 25.1 Å². The summed E-state index contributed by atoms with van der Waals surface area (Å²) >= 11 is 0. The topological polar surface area (TPSA) is 68.3 Å². The minimum Gasteiger partial charge on any atom is -0.449 e. The first kappa shape index (κ1) is 19.3. The monoisotopic (exact) mass is 368 g/mol. The van der Waals surface area contributed by atoms with Gasteiger partial charge in [0.2, 0.25) is 0 Å². The molecule has 2 atom stereocenters. The van der Waals surface area contributed by atoms with Gasteiger partial charge in [0.15, 0.2) is 6.10 Å². The molecule has 0 unspecified atom stereocenters. The predicted molar refractivity (Wildman–Crippen MR) is 106 cm³/mol. The van der Waals surface area contributed by atoms with E-state index in [9.17, 15) is 9.59 Å². The molecular formula is C22H28N2O3. The number of hydrogen-bond donors (Lipinski definition) is 1. The van der Waals surface area contributed by atoms with Crippen LogP contribution in [0, 0.1) is 5.92 Å². The van der Waals surface area contributed by atoms with Crippen molar-refractivity contribution in [2.45, 2.75) is 65.5 Å². The highest BCUT2D eigenvalue weighted by Gasteiger charge is 2.29. The average molecular weight is 368 g/mol. The number of hydrogen-bond acceptors (Lipinski definition) is 4. The van der Waals surface area contributed by atoms with Gasteiger partial charge in [0.05, 0.1) is 11.1 Å². The number of ether oxygens (including phenoxy) is 1. The molecule has 0 aliphatic heterocycles. The fourth-order valence-corrected chi connectivity index (χ4v) is 3.54. The Morgan fingerprint density at radius 3 is 2.67 bits per heavy atom. The molecule has 1 N–H and O–H groups in total. The van der Waals surface area contributed by atoms with Gasteiger partial charge in [-0.2, -0.15) is 0 Å². The molecule has 1 heterocycles. The minimum absolute atomic E-state index is 0.295. The maximum Gasteiger partial charge on any atom is 0.339 e. The number of rotatable bonds is 3. The second-order valence-corrected chi connectivity index (χ2v) is 8.56. The van der Waals surface area contributed by atoms with Crippen molar-refractivity contribution in [1.29, 1.82) is 0 Å². The lowest BCUT2D eigenvalue weighted by atomic mass is 9.84. The second kappa shape index (κ2) is 7.29. The number of amides is 1. The molecule has 0 spiro atoms. The third-order valence-electron chi connectivity index (χ3n) is 4.86. The number of aromatic nitrogens is 1. The highest BCUT2D eigenvalue weighted by molar-refractivity contribution is 6.05. The van der Waals surface area contributed by atoms with Crippen molar-refractivity contribution in [1.82, 2.24) is 10.3 Å². The molecule has 0 bridgehead atoms. The molecule has 1 aromatic carbocycles. The molecular weight excluding hydrogens is 340 g/mol. The van der Waals surface area contributed by atoms with E-state index in [4.69, 9.17) is 9.72 Å². The van der Waals surface area contributed by atoms with Crippen molar-refractivity contribution in [2.75, 3.05) is 0 Å². The largest absolute Gasteiger partial charge is 0.449 e. The molecule has 0 radical (unpaired) electrons. The molecule has 1 amide bonds. The second-order valence-electron chi connectivity index (χ2n) is 8.56.